The zero-order valence-corrected chi connectivity index (χ0v) is 19.6. The Morgan fingerprint density at radius 2 is 1.81 bits per heavy atom. The Morgan fingerprint density at radius 3 is 2.52 bits per heavy atom. The molecule has 4 aromatic rings. The Hall–Kier alpha value is -2.61. The van der Waals surface area contributed by atoms with Crippen molar-refractivity contribution in [2.45, 2.75) is 5.16 Å². The summed E-state index contributed by atoms with van der Waals surface area (Å²) in [6.45, 7) is 0. The maximum atomic E-state index is 12.9. The summed E-state index contributed by atoms with van der Waals surface area (Å²) in [7, 11) is 1.53. The molecule has 31 heavy (non-hydrogen) atoms. The fourth-order valence-electron chi connectivity index (χ4n) is 3.07. The highest BCUT2D eigenvalue weighted by molar-refractivity contribution is 9.10. The van der Waals surface area contributed by atoms with Gasteiger partial charge in [0, 0.05) is 20.7 Å². The summed E-state index contributed by atoms with van der Waals surface area (Å²) in [5.74, 6) is 1.27. The van der Waals surface area contributed by atoms with E-state index in [9.17, 15) is 4.79 Å². The second-order valence-corrected chi connectivity index (χ2v) is 8.84. The highest BCUT2D eigenvalue weighted by Gasteiger charge is 2.19. The molecule has 0 radical (unpaired) electrons. The summed E-state index contributed by atoms with van der Waals surface area (Å²) in [5.41, 5.74) is 2.29. The van der Waals surface area contributed by atoms with Crippen LogP contribution in [0.4, 0.5) is 0 Å². The molecule has 0 fully saturated rings. The van der Waals surface area contributed by atoms with Gasteiger partial charge < -0.3 is 4.74 Å². The van der Waals surface area contributed by atoms with Crippen LogP contribution in [0.2, 0.25) is 5.02 Å². The number of halogens is 2. The minimum atomic E-state index is -0.0999. The molecule has 1 aromatic heterocycles. The number of rotatable bonds is 7. The van der Waals surface area contributed by atoms with Crippen LogP contribution < -0.4 is 4.74 Å². The molecule has 0 unspecified atom stereocenters. The number of para-hydroxylation sites is 1. The summed E-state index contributed by atoms with van der Waals surface area (Å²) >= 11 is 10.9. The van der Waals surface area contributed by atoms with Crippen LogP contribution in [0.15, 0.2) is 82.4 Å². The lowest BCUT2D eigenvalue weighted by atomic mass is 10.1. The first-order valence-corrected chi connectivity index (χ1v) is 11.5. The number of carbonyl (C=O) groups excluding carboxylic acids is 1. The molecule has 5 nitrogen and oxygen atoms in total. The fourth-order valence-corrected chi connectivity index (χ4v) is 4.34. The van der Waals surface area contributed by atoms with Gasteiger partial charge in [0.2, 0.25) is 0 Å². The molecule has 0 aliphatic heterocycles. The lowest BCUT2D eigenvalue weighted by Gasteiger charge is -2.11. The van der Waals surface area contributed by atoms with Crippen molar-refractivity contribution >= 4 is 45.1 Å². The van der Waals surface area contributed by atoms with Crippen LogP contribution >= 0.6 is 39.3 Å². The van der Waals surface area contributed by atoms with Crippen molar-refractivity contribution in [1.29, 1.82) is 0 Å². The van der Waals surface area contributed by atoms with Crippen LogP contribution in [0.5, 0.6) is 5.75 Å². The van der Waals surface area contributed by atoms with Crippen LogP contribution in [-0.4, -0.2) is 33.4 Å². The van der Waals surface area contributed by atoms with Crippen molar-refractivity contribution in [3.8, 4) is 22.8 Å². The maximum absolute atomic E-state index is 12.9. The van der Waals surface area contributed by atoms with Gasteiger partial charge in [-0.25, -0.2) is 0 Å². The molecule has 0 N–H and O–H groups in total. The quantitative estimate of drug-likeness (QED) is 0.213. The predicted molar refractivity (Wildman–Crippen MR) is 128 cm³/mol. The third-order valence-corrected chi connectivity index (χ3v) is 6.24. The minimum absolute atomic E-state index is 0.0999. The number of benzene rings is 3. The summed E-state index contributed by atoms with van der Waals surface area (Å²) in [4.78, 5) is 12.9. The average Bonchev–Trinajstić information content (AvgIpc) is 3.22. The number of methoxy groups -OCH3 is 1. The fraction of sp³-hybridized carbons (Fsp3) is 0.0870. The van der Waals surface area contributed by atoms with Crippen LogP contribution in [0, 0.1) is 0 Å². The molecular formula is C23H17BrClN3O2S. The van der Waals surface area contributed by atoms with Crippen LogP contribution in [-0.2, 0) is 0 Å². The monoisotopic (exact) mass is 513 g/mol. The third kappa shape index (κ3) is 4.84. The van der Waals surface area contributed by atoms with E-state index in [1.165, 1.54) is 18.9 Å². The second kappa shape index (κ2) is 9.68. The lowest BCUT2D eigenvalue weighted by molar-refractivity contribution is 0.101. The molecule has 0 spiro atoms. The number of nitrogens with zero attached hydrogens (tertiary/aromatic N) is 3. The van der Waals surface area contributed by atoms with E-state index in [0.29, 0.717) is 27.3 Å². The van der Waals surface area contributed by atoms with Gasteiger partial charge in [-0.15, -0.1) is 10.2 Å². The summed E-state index contributed by atoms with van der Waals surface area (Å²) in [6, 6.07) is 22.7. The number of carbonyl (C=O) groups is 1. The smallest absolute Gasteiger partial charge is 0.196 e. The van der Waals surface area contributed by atoms with Gasteiger partial charge in [0.15, 0.2) is 16.8 Å². The number of ketones is 1. The molecule has 0 atom stereocenters. The normalized spacial score (nSPS) is 10.8. The second-order valence-electron chi connectivity index (χ2n) is 6.54. The van der Waals surface area contributed by atoms with Crippen molar-refractivity contribution in [1.82, 2.24) is 14.8 Å². The molecule has 4 rings (SSSR count). The van der Waals surface area contributed by atoms with E-state index < -0.39 is 0 Å². The number of hydrogen-bond donors (Lipinski definition) is 0. The topological polar surface area (TPSA) is 57.0 Å². The van der Waals surface area contributed by atoms with Crippen LogP contribution in [0.3, 0.4) is 0 Å². The Bertz CT molecular complexity index is 1210. The Morgan fingerprint density at radius 1 is 1.06 bits per heavy atom. The van der Waals surface area contributed by atoms with Crippen molar-refractivity contribution in [3.05, 3.63) is 87.9 Å². The van der Waals surface area contributed by atoms with Gasteiger partial charge >= 0.3 is 0 Å². The van der Waals surface area contributed by atoms with E-state index in [0.717, 1.165) is 15.7 Å². The highest BCUT2D eigenvalue weighted by Crippen LogP contribution is 2.30. The van der Waals surface area contributed by atoms with E-state index in [1.54, 1.807) is 18.2 Å². The number of Topliss-reactive ketones (excluding diaryl/α,β-unsaturated/α-hetero) is 1. The standard InChI is InChI=1S/C23H17BrClN3O2S/c1-30-21-12-11-17(25)13-19(21)20(29)14-31-23-27-26-22(15-7-9-16(24)10-8-15)28(23)18-5-3-2-4-6-18/h2-13H,14H2,1H3. The van der Waals surface area contributed by atoms with Crippen molar-refractivity contribution in [2.75, 3.05) is 12.9 Å². The molecule has 0 bridgehead atoms. The first-order chi connectivity index (χ1) is 15.1. The minimum Gasteiger partial charge on any atom is -0.496 e. The van der Waals surface area contributed by atoms with E-state index in [1.807, 2.05) is 59.2 Å². The number of hydrogen-bond acceptors (Lipinski definition) is 5. The van der Waals surface area contributed by atoms with E-state index in [4.69, 9.17) is 16.3 Å². The van der Waals surface area contributed by atoms with Crippen LogP contribution in [0.25, 0.3) is 17.1 Å². The number of thioether (sulfide) groups is 1. The lowest BCUT2D eigenvalue weighted by Crippen LogP contribution is -2.07. The summed E-state index contributed by atoms with van der Waals surface area (Å²) in [5, 5.41) is 9.89. The SMILES string of the molecule is COc1ccc(Cl)cc1C(=O)CSc1nnc(-c2ccc(Br)cc2)n1-c1ccccc1. The largest absolute Gasteiger partial charge is 0.496 e. The maximum Gasteiger partial charge on any atom is 0.196 e. The molecule has 0 saturated heterocycles. The molecule has 0 saturated carbocycles. The first kappa shape index (κ1) is 21.6. The number of ether oxygens (including phenoxy) is 1. The third-order valence-electron chi connectivity index (χ3n) is 4.54. The Balaban J connectivity index is 1.67. The van der Waals surface area contributed by atoms with Gasteiger partial charge in [-0.2, -0.15) is 0 Å². The van der Waals surface area contributed by atoms with Gasteiger partial charge in [0.05, 0.1) is 18.4 Å². The molecule has 0 aliphatic rings. The first-order valence-electron chi connectivity index (χ1n) is 9.33. The molecule has 1 heterocycles. The Labute approximate surface area is 197 Å². The van der Waals surface area contributed by atoms with Gasteiger partial charge in [-0.1, -0.05) is 69.6 Å². The van der Waals surface area contributed by atoms with Crippen molar-refractivity contribution in [3.63, 3.8) is 0 Å². The van der Waals surface area contributed by atoms with Crippen molar-refractivity contribution < 1.29 is 9.53 Å². The molecule has 0 aliphatic carbocycles. The molecular weight excluding hydrogens is 498 g/mol. The number of aromatic nitrogens is 3. The summed E-state index contributed by atoms with van der Waals surface area (Å²) in [6.07, 6.45) is 0. The van der Waals surface area contributed by atoms with E-state index in [2.05, 4.69) is 26.1 Å². The predicted octanol–water partition coefficient (Wildman–Crippen LogP) is 6.33. The van der Waals surface area contributed by atoms with Gasteiger partial charge in [-0.05, 0) is 42.5 Å². The van der Waals surface area contributed by atoms with Crippen LogP contribution in [0.1, 0.15) is 10.4 Å². The molecule has 0 amide bonds. The molecule has 3 aromatic carbocycles. The van der Waals surface area contributed by atoms with Gasteiger partial charge in [-0.3, -0.25) is 9.36 Å². The zero-order chi connectivity index (χ0) is 21.8. The highest BCUT2D eigenvalue weighted by atomic mass is 79.9. The summed E-state index contributed by atoms with van der Waals surface area (Å²) < 4.78 is 8.25. The average molecular weight is 515 g/mol. The zero-order valence-electron chi connectivity index (χ0n) is 16.5. The molecule has 156 valence electrons. The van der Waals surface area contributed by atoms with E-state index in [-0.39, 0.29) is 11.5 Å². The van der Waals surface area contributed by atoms with Crippen molar-refractivity contribution in [2.24, 2.45) is 0 Å². The Kier molecular flexibility index (Phi) is 6.75. The van der Waals surface area contributed by atoms with Gasteiger partial charge in [0.25, 0.3) is 0 Å². The van der Waals surface area contributed by atoms with E-state index >= 15 is 0 Å². The molecule has 8 heteroatoms. The van der Waals surface area contributed by atoms with Gasteiger partial charge in [0.1, 0.15) is 5.75 Å².